The van der Waals surface area contributed by atoms with E-state index in [0.717, 1.165) is 22.2 Å². The first-order valence-electron chi connectivity index (χ1n) is 6.31. The van der Waals surface area contributed by atoms with Crippen LogP contribution in [-0.2, 0) is 0 Å². The second kappa shape index (κ2) is 5.98. The molecule has 0 spiro atoms. The first-order valence-corrected chi connectivity index (χ1v) is 7.57. The van der Waals surface area contributed by atoms with Gasteiger partial charge < -0.3 is 5.32 Å². The van der Waals surface area contributed by atoms with Crippen molar-refractivity contribution in [3.8, 4) is 0 Å². The lowest BCUT2D eigenvalue weighted by Crippen LogP contribution is -2.30. The lowest BCUT2D eigenvalue weighted by molar-refractivity contribution is 0.643. The van der Waals surface area contributed by atoms with Crippen LogP contribution in [0.25, 0.3) is 0 Å². The fraction of sp³-hybridized carbons (Fsp3) is 0.500. The zero-order chi connectivity index (χ0) is 13.1. The van der Waals surface area contributed by atoms with E-state index in [9.17, 15) is 0 Å². The van der Waals surface area contributed by atoms with Gasteiger partial charge in [0.25, 0.3) is 0 Å². The van der Waals surface area contributed by atoms with E-state index < -0.39 is 0 Å². The van der Waals surface area contributed by atoms with Gasteiger partial charge in [0.2, 0.25) is 0 Å². The Morgan fingerprint density at radius 1 is 1.39 bits per heavy atom. The SMILES string of the molecule is CC1CC(C)SC(NC(C)c2ccccc2Cl)=N1. The molecular weight excluding hydrogens is 264 g/mol. The van der Waals surface area contributed by atoms with Crippen molar-refractivity contribution in [1.29, 1.82) is 0 Å². The largest absolute Gasteiger partial charge is 0.358 e. The molecule has 1 aromatic rings. The summed E-state index contributed by atoms with van der Waals surface area (Å²) in [6.45, 7) is 6.53. The van der Waals surface area contributed by atoms with Crippen molar-refractivity contribution in [1.82, 2.24) is 5.32 Å². The van der Waals surface area contributed by atoms with Crippen molar-refractivity contribution in [2.24, 2.45) is 4.99 Å². The van der Waals surface area contributed by atoms with Crippen LogP contribution in [0, 0.1) is 0 Å². The fourth-order valence-corrected chi connectivity index (χ4v) is 3.70. The first kappa shape index (κ1) is 13.8. The predicted molar refractivity (Wildman–Crippen MR) is 81.6 cm³/mol. The van der Waals surface area contributed by atoms with Crippen molar-refractivity contribution in [2.45, 2.75) is 44.5 Å². The molecule has 0 saturated carbocycles. The van der Waals surface area contributed by atoms with Crippen LogP contribution in [0.1, 0.15) is 38.8 Å². The van der Waals surface area contributed by atoms with Crippen molar-refractivity contribution in [3.63, 3.8) is 0 Å². The number of benzene rings is 1. The van der Waals surface area contributed by atoms with Gasteiger partial charge in [-0.05, 0) is 31.9 Å². The molecule has 1 N–H and O–H groups in total. The normalized spacial score (nSPS) is 25.4. The molecule has 98 valence electrons. The van der Waals surface area contributed by atoms with Gasteiger partial charge in [-0.25, -0.2) is 0 Å². The molecule has 0 aliphatic carbocycles. The van der Waals surface area contributed by atoms with Gasteiger partial charge in [-0.3, -0.25) is 4.99 Å². The highest BCUT2D eigenvalue weighted by atomic mass is 35.5. The minimum absolute atomic E-state index is 0.183. The number of rotatable bonds is 2. The zero-order valence-corrected chi connectivity index (χ0v) is 12.6. The lowest BCUT2D eigenvalue weighted by atomic mass is 10.1. The molecule has 2 rings (SSSR count). The van der Waals surface area contributed by atoms with Gasteiger partial charge in [-0.15, -0.1) is 0 Å². The zero-order valence-electron chi connectivity index (χ0n) is 11.0. The van der Waals surface area contributed by atoms with Crippen molar-refractivity contribution >= 4 is 28.5 Å². The van der Waals surface area contributed by atoms with Gasteiger partial charge in [0, 0.05) is 10.3 Å². The van der Waals surface area contributed by atoms with Crippen LogP contribution >= 0.6 is 23.4 Å². The van der Waals surface area contributed by atoms with Gasteiger partial charge in [0.05, 0.1) is 12.1 Å². The molecule has 1 aliphatic rings. The number of hydrogen-bond acceptors (Lipinski definition) is 3. The van der Waals surface area contributed by atoms with Gasteiger partial charge in [0.15, 0.2) is 5.17 Å². The third kappa shape index (κ3) is 3.42. The quantitative estimate of drug-likeness (QED) is 0.876. The predicted octanol–water partition coefficient (Wildman–Crippen LogP) is 4.26. The summed E-state index contributed by atoms with van der Waals surface area (Å²) in [7, 11) is 0. The molecule has 3 atom stereocenters. The van der Waals surface area contributed by atoms with E-state index in [1.807, 2.05) is 30.0 Å². The Morgan fingerprint density at radius 3 is 2.78 bits per heavy atom. The van der Waals surface area contributed by atoms with E-state index >= 15 is 0 Å². The molecule has 3 unspecified atom stereocenters. The Kier molecular flexibility index (Phi) is 4.57. The van der Waals surface area contributed by atoms with E-state index in [1.54, 1.807) is 0 Å². The van der Waals surface area contributed by atoms with Gasteiger partial charge in [-0.2, -0.15) is 0 Å². The average molecular weight is 283 g/mol. The number of hydrogen-bond donors (Lipinski definition) is 1. The summed E-state index contributed by atoms with van der Waals surface area (Å²) in [5.74, 6) is 0. The summed E-state index contributed by atoms with van der Waals surface area (Å²) in [4.78, 5) is 4.65. The van der Waals surface area contributed by atoms with Gasteiger partial charge >= 0.3 is 0 Å². The molecule has 0 aromatic heterocycles. The molecule has 0 saturated heterocycles. The van der Waals surface area contributed by atoms with Crippen LogP contribution in [0.15, 0.2) is 29.3 Å². The van der Waals surface area contributed by atoms with Crippen LogP contribution in [-0.4, -0.2) is 16.5 Å². The molecule has 4 heteroatoms. The summed E-state index contributed by atoms with van der Waals surface area (Å²) in [6, 6.07) is 8.54. The van der Waals surface area contributed by atoms with Crippen molar-refractivity contribution in [2.75, 3.05) is 0 Å². The number of amidine groups is 1. The van der Waals surface area contributed by atoms with E-state index in [0.29, 0.717) is 11.3 Å². The van der Waals surface area contributed by atoms with Crippen LogP contribution in [0.2, 0.25) is 5.02 Å². The molecule has 0 fully saturated rings. The minimum Gasteiger partial charge on any atom is -0.358 e. The topological polar surface area (TPSA) is 24.4 Å². The number of nitrogens with zero attached hydrogens (tertiary/aromatic N) is 1. The monoisotopic (exact) mass is 282 g/mol. The molecule has 0 bridgehead atoms. The highest BCUT2D eigenvalue weighted by molar-refractivity contribution is 8.14. The number of halogens is 1. The second-order valence-electron chi connectivity index (χ2n) is 4.83. The Bertz CT molecular complexity index is 447. The second-order valence-corrected chi connectivity index (χ2v) is 6.67. The number of thioether (sulfide) groups is 1. The maximum Gasteiger partial charge on any atom is 0.157 e. The highest BCUT2D eigenvalue weighted by Crippen LogP contribution is 2.27. The maximum absolute atomic E-state index is 6.21. The summed E-state index contributed by atoms with van der Waals surface area (Å²) in [6.07, 6.45) is 1.15. The molecule has 18 heavy (non-hydrogen) atoms. The minimum atomic E-state index is 0.183. The van der Waals surface area contributed by atoms with Crippen LogP contribution in [0.5, 0.6) is 0 Å². The molecule has 0 radical (unpaired) electrons. The third-order valence-corrected chi connectivity index (χ3v) is 4.42. The Hall–Kier alpha value is -0.670. The Balaban J connectivity index is 2.08. The summed E-state index contributed by atoms with van der Waals surface area (Å²) in [5.41, 5.74) is 1.12. The van der Waals surface area contributed by atoms with Gasteiger partial charge in [-0.1, -0.05) is 48.5 Å². The standard InChI is InChI=1S/C14H19ClN2S/c1-9-8-10(2)18-14(16-9)17-11(3)12-6-4-5-7-13(12)15/h4-7,9-11H,8H2,1-3H3,(H,16,17). The van der Waals surface area contributed by atoms with E-state index in [1.165, 1.54) is 0 Å². The average Bonchev–Trinajstić information content (AvgIpc) is 2.27. The smallest absolute Gasteiger partial charge is 0.157 e. The highest BCUT2D eigenvalue weighted by Gasteiger charge is 2.20. The molecule has 1 heterocycles. The summed E-state index contributed by atoms with van der Waals surface area (Å²) >= 11 is 8.02. The van der Waals surface area contributed by atoms with Crippen LogP contribution < -0.4 is 5.32 Å². The maximum atomic E-state index is 6.21. The van der Waals surface area contributed by atoms with Crippen molar-refractivity contribution < 1.29 is 0 Å². The summed E-state index contributed by atoms with van der Waals surface area (Å²) in [5, 5.41) is 5.93. The van der Waals surface area contributed by atoms with Crippen LogP contribution in [0.3, 0.4) is 0 Å². The van der Waals surface area contributed by atoms with E-state index in [4.69, 9.17) is 11.6 Å². The number of nitrogens with one attached hydrogen (secondary N) is 1. The number of aliphatic imine (C=N–C) groups is 1. The lowest BCUT2D eigenvalue weighted by Gasteiger charge is -2.25. The molecule has 2 nitrogen and oxygen atoms in total. The molecule has 1 aromatic carbocycles. The van der Waals surface area contributed by atoms with Crippen LogP contribution in [0.4, 0.5) is 0 Å². The van der Waals surface area contributed by atoms with E-state index in [2.05, 4.69) is 37.1 Å². The Morgan fingerprint density at radius 2 is 2.11 bits per heavy atom. The molecular formula is C14H19ClN2S. The Labute approximate surface area is 118 Å². The fourth-order valence-electron chi connectivity index (χ4n) is 2.16. The summed E-state index contributed by atoms with van der Waals surface area (Å²) < 4.78 is 0. The molecule has 1 aliphatic heterocycles. The van der Waals surface area contributed by atoms with Gasteiger partial charge in [0.1, 0.15) is 0 Å². The van der Waals surface area contributed by atoms with Crippen molar-refractivity contribution in [3.05, 3.63) is 34.9 Å². The third-order valence-electron chi connectivity index (χ3n) is 3.04. The first-order chi connectivity index (χ1) is 8.56. The molecule has 0 amide bonds. The van der Waals surface area contributed by atoms with E-state index in [-0.39, 0.29) is 6.04 Å².